The second-order valence-corrected chi connectivity index (χ2v) is 8.47. The van der Waals surface area contributed by atoms with Gasteiger partial charge in [0.15, 0.2) is 0 Å². The molecule has 0 spiro atoms. The Hall–Kier alpha value is -3.06. The largest absolute Gasteiger partial charge is 0.507 e. The molecule has 3 aromatic carbocycles. The van der Waals surface area contributed by atoms with Crippen LogP contribution < -0.4 is 9.64 Å². The highest BCUT2D eigenvalue weighted by molar-refractivity contribution is 6.52. The van der Waals surface area contributed by atoms with Gasteiger partial charge in [0.2, 0.25) is 0 Å². The van der Waals surface area contributed by atoms with Crippen molar-refractivity contribution in [1.29, 1.82) is 0 Å². The summed E-state index contributed by atoms with van der Waals surface area (Å²) in [4.78, 5) is 27.4. The number of ether oxygens (including phenoxy) is 1. The number of nitrogens with zero attached hydrogens (tertiary/aromatic N) is 1. The molecule has 5 nitrogen and oxygen atoms in total. The van der Waals surface area contributed by atoms with Gasteiger partial charge in [-0.2, -0.15) is 0 Å². The fraction of sp³-hybridized carbons (Fsp3) is 0.0833. The Kier molecular flexibility index (Phi) is 6.34. The number of benzene rings is 3. The third-order valence-electron chi connectivity index (χ3n) is 5.19. The first kappa shape index (κ1) is 23.1. The normalized spacial score (nSPS) is 17.5. The van der Waals surface area contributed by atoms with Gasteiger partial charge in [-0.1, -0.05) is 53.0 Å². The smallest absolute Gasteiger partial charge is 0.300 e. The molecule has 0 saturated carbocycles. The number of aliphatic hydroxyl groups is 1. The number of hydrogen-bond acceptors (Lipinski definition) is 4. The number of hydrogen-bond donors (Lipinski definition) is 1. The van der Waals surface area contributed by atoms with Crippen LogP contribution in [0.25, 0.3) is 5.76 Å². The zero-order chi connectivity index (χ0) is 23.9. The molecule has 1 atom stereocenters. The van der Waals surface area contributed by atoms with Crippen LogP contribution in [0.2, 0.25) is 15.1 Å². The number of Topliss-reactive ketones (excluding diaryl/α,β-unsaturated/α-hetero) is 1. The molecule has 0 aliphatic carbocycles. The maximum absolute atomic E-state index is 14.9. The zero-order valence-corrected chi connectivity index (χ0v) is 19.2. The Bertz CT molecular complexity index is 1300. The van der Waals surface area contributed by atoms with E-state index in [4.69, 9.17) is 39.5 Å². The maximum atomic E-state index is 14.9. The second-order valence-electron chi connectivity index (χ2n) is 7.16. The van der Waals surface area contributed by atoms with E-state index in [1.807, 2.05) is 0 Å². The summed E-state index contributed by atoms with van der Waals surface area (Å²) in [6, 6.07) is 13.1. The van der Waals surface area contributed by atoms with Gasteiger partial charge in [0, 0.05) is 26.3 Å². The number of carbonyl (C=O) groups is 2. The van der Waals surface area contributed by atoms with Crippen LogP contribution in [0.5, 0.6) is 5.75 Å². The molecule has 0 radical (unpaired) electrons. The Morgan fingerprint density at radius 2 is 1.64 bits per heavy atom. The SMILES string of the molecule is COc1ccc(Cl)cc1/C(O)=C1\C(=O)C(=O)N(c2cc(Cl)cc(Cl)c2)C1c1ccccc1F. The fourth-order valence-corrected chi connectivity index (χ4v) is 4.47. The molecule has 1 aliphatic heterocycles. The van der Waals surface area contributed by atoms with Gasteiger partial charge in [-0.15, -0.1) is 0 Å². The summed E-state index contributed by atoms with van der Waals surface area (Å²) in [5.74, 6) is -3.02. The number of anilines is 1. The van der Waals surface area contributed by atoms with E-state index in [1.165, 1.54) is 61.7 Å². The standard InChI is InChI=1S/C24H15Cl3FNO4/c1-33-19-7-6-12(25)11-17(19)22(30)20-21(16-4-2-3-5-18(16)28)29(24(32)23(20)31)15-9-13(26)8-14(27)10-15/h2-11,21,30H,1H3/b22-20+. The summed E-state index contributed by atoms with van der Waals surface area (Å²) in [6.45, 7) is 0. The first-order valence-electron chi connectivity index (χ1n) is 9.58. The van der Waals surface area contributed by atoms with Crippen molar-refractivity contribution in [3.8, 4) is 5.75 Å². The Labute approximate surface area is 203 Å². The highest BCUT2D eigenvalue weighted by Crippen LogP contribution is 2.45. The predicted molar refractivity (Wildman–Crippen MR) is 126 cm³/mol. The summed E-state index contributed by atoms with van der Waals surface area (Å²) in [6.07, 6.45) is 0. The lowest BCUT2D eigenvalue weighted by molar-refractivity contribution is -0.132. The molecule has 9 heteroatoms. The van der Waals surface area contributed by atoms with E-state index in [2.05, 4.69) is 0 Å². The van der Waals surface area contributed by atoms with Crippen LogP contribution >= 0.6 is 34.8 Å². The lowest BCUT2D eigenvalue weighted by Gasteiger charge is -2.26. The molecule has 1 fully saturated rings. The first-order valence-corrected chi connectivity index (χ1v) is 10.7. The number of halogens is 4. The quantitative estimate of drug-likeness (QED) is 0.252. The molecule has 1 saturated heterocycles. The average molecular weight is 507 g/mol. The van der Waals surface area contributed by atoms with Gasteiger partial charge in [0.05, 0.1) is 24.3 Å². The molecule has 3 aromatic rings. The van der Waals surface area contributed by atoms with Crippen LogP contribution in [0.3, 0.4) is 0 Å². The summed E-state index contributed by atoms with van der Waals surface area (Å²) in [5, 5.41) is 11.9. The Morgan fingerprint density at radius 1 is 0.970 bits per heavy atom. The van der Waals surface area contributed by atoms with Crippen molar-refractivity contribution >= 4 is 57.9 Å². The summed E-state index contributed by atoms with van der Waals surface area (Å²) in [7, 11) is 1.38. The Balaban J connectivity index is 2.03. The van der Waals surface area contributed by atoms with Crippen molar-refractivity contribution in [2.45, 2.75) is 6.04 Å². The molecular formula is C24H15Cl3FNO4. The van der Waals surface area contributed by atoms with Crippen molar-refractivity contribution in [2.24, 2.45) is 0 Å². The molecule has 0 aromatic heterocycles. The van der Waals surface area contributed by atoms with E-state index in [1.54, 1.807) is 6.07 Å². The second kappa shape index (κ2) is 9.06. The number of rotatable bonds is 4. The van der Waals surface area contributed by atoms with E-state index in [9.17, 15) is 19.1 Å². The van der Waals surface area contributed by atoms with Crippen molar-refractivity contribution in [2.75, 3.05) is 12.0 Å². The van der Waals surface area contributed by atoms with Gasteiger partial charge in [-0.3, -0.25) is 14.5 Å². The molecule has 1 unspecified atom stereocenters. The lowest BCUT2D eigenvalue weighted by Crippen LogP contribution is -2.29. The zero-order valence-electron chi connectivity index (χ0n) is 17.0. The first-order chi connectivity index (χ1) is 15.7. The third-order valence-corrected chi connectivity index (χ3v) is 5.86. The highest BCUT2D eigenvalue weighted by Gasteiger charge is 2.48. The number of aliphatic hydroxyl groups excluding tert-OH is 1. The van der Waals surface area contributed by atoms with E-state index < -0.39 is 29.3 Å². The summed E-state index contributed by atoms with van der Waals surface area (Å²) >= 11 is 18.3. The number of ketones is 1. The number of amides is 1. The van der Waals surface area contributed by atoms with Gasteiger partial charge in [-0.25, -0.2) is 4.39 Å². The molecule has 1 amide bonds. The van der Waals surface area contributed by atoms with E-state index in [0.717, 1.165) is 4.90 Å². The van der Waals surface area contributed by atoms with Crippen molar-refractivity contribution < 1.29 is 23.8 Å². The minimum atomic E-state index is -1.30. The lowest BCUT2D eigenvalue weighted by atomic mass is 9.94. The van der Waals surface area contributed by atoms with Gasteiger partial charge in [-0.05, 0) is 42.5 Å². The van der Waals surface area contributed by atoms with Crippen LogP contribution in [0.4, 0.5) is 10.1 Å². The van der Waals surface area contributed by atoms with E-state index in [-0.39, 0.29) is 43.2 Å². The minimum Gasteiger partial charge on any atom is -0.507 e. The van der Waals surface area contributed by atoms with Crippen LogP contribution in [-0.4, -0.2) is 23.9 Å². The molecule has 33 heavy (non-hydrogen) atoms. The van der Waals surface area contributed by atoms with Gasteiger partial charge in [0.25, 0.3) is 11.7 Å². The molecular weight excluding hydrogens is 492 g/mol. The third kappa shape index (κ3) is 4.17. The fourth-order valence-electron chi connectivity index (χ4n) is 3.78. The monoisotopic (exact) mass is 505 g/mol. The van der Waals surface area contributed by atoms with Gasteiger partial charge in [0.1, 0.15) is 17.3 Å². The molecule has 1 N–H and O–H groups in total. The topological polar surface area (TPSA) is 66.8 Å². The summed E-state index contributed by atoms with van der Waals surface area (Å²) < 4.78 is 20.2. The van der Waals surface area contributed by atoms with Crippen LogP contribution in [-0.2, 0) is 9.59 Å². The van der Waals surface area contributed by atoms with E-state index in [0.29, 0.717) is 0 Å². The molecule has 4 rings (SSSR count). The molecule has 1 aliphatic rings. The highest BCUT2D eigenvalue weighted by atomic mass is 35.5. The molecule has 1 heterocycles. The summed E-state index contributed by atoms with van der Waals surface area (Å²) in [5.41, 5.74) is -0.0921. The maximum Gasteiger partial charge on any atom is 0.300 e. The molecule has 0 bridgehead atoms. The number of methoxy groups -OCH3 is 1. The molecule has 168 valence electrons. The van der Waals surface area contributed by atoms with Gasteiger partial charge < -0.3 is 9.84 Å². The minimum absolute atomic E-state index is 0.00431. The van der Waals surface area contributed by atoms with E-state index >= 15 is 0 Å². The van der Waals surface area contributed by atoms with Gasteiger partial charge >= 0.3 is 0 Å². The van der Waals surface area contributed by atoms with Crippen LogP contribution in [0.1, 0.15) is 17.2 Å². The Morgan fingerprint density at radius 3 is 2.27 bits per heavy atom. The van der Waals surface area contributed by atoms with Crippen molar-refractivity contribution in [1.82, 2.24) is 0 Å². The number of carbonyl (C=O) groups excluding carboxylic acids is 2. The van der Waals surface area contributed by atoms with Crippen LogP contribution in [0, 0.1) is 5.82 Å². The van der Waals surface area contributed by atoms with Crippen molar-refractivity contribution in [3.05, 3.63) is 98.2 Å². The predicted octanol–water partition coefficient (Wildman–Crippen LogP) is 6.42. The van der Waals surface area contributed by atoms with Crippen LogP contribution in [0.15, 0.2) is 66.2 Å². The average Bonchev–Trinajstić information content (AvgIpc) is 3.03. The van der Waals surface area contributed by atoms with Crippen molar-refractivity contribution in [3.63, 3.8) is 0 Å².